The molecule has 3 atom stereocenters. The highest BCUT2D eigenvalue weighted by Crippen LogP contribution is 2.55. The Morgan fingerprint density at radius 1 is 1.20 bits per heavy atom. The first-order valence-corrected chi connectivity index (χ1v) is 15.6. The third-order valence-corrected chi connectivity index (χ3v) is 10.4. The van der Waals surface area contributed by atoms with Crippen LogP contribution >= 0.6 is 11.8 Å². The summed E-state index contributed by atoms with van der Waals surface area (Å²) in [5.41, 5.74) is 14.4. The Morgan fingerprint density at radius 3 is 2.65 bits per heavy atom. The summed E-state index contributed by atoms with van der Waals surface area (Å²) in [4.78, 5) is 31.5. The van der Waals surface area contributed by atoms with E-state index < -0.39 is 11.3 Å². The van der Waals surface area contributed by atoms with Crippen molar-refractivity contribution in [2.75, 3.05) is 68.7 Å². The molecule has 1 amide bonds. The summed E-state index contributed by atoms with van der Waals surface area (Å²) in [5, 5.41) is 12.9. The van der Waals surface area contributed by atoms with Gasteiger partial charge in [0, 0.05) is 70.7 Å². The van der Waals surface area contributed by atoms with Crippen LogP contribution in [0.2, 0.25) is 0 Å². The standard InChI is InChI=1S/C29H41N9OS/c1-29(6-2-3-23-25(29)21(17-30)27(32)40-23)28(39)35-26(31)22-15-20(37-9-7-33-8-10-37)16-24(34-22)38-13-11-36(12-14-38)18-19-4-5-19/h15-16,19,21,27,33H,2-14,18,32H2,1H3,(H2,31,35,39). The second-order valence-electron chi connectivity index (χ2n) is 12.1. The van der Waals surface area contributed by atoms with Gasteiger partial charge in [-0.05, 0) is 61.5 Å². The molecule has 1 aromatic rings. The third kappa shape index (κ3) is 5.47. The SMILES string of the molecule is CC1(C(=O)N=C(N)c2cc(N3CCNCC3)cc(N3CCN(CC4CC4)CC3)n2)CCCC2=C1C(C#N)C(N)S2. The fourth-order valence-electron chi connectivity index (χ4n) is 6.59. The molecule has 6 rings (SSSR count). The number of carbonyl (C=O) groups excluding carboxylic acids is 1. The lowest BCUT2D eigenvalue weighted by atomic mass is 9.69. The van der Waals surface area contributed by atoms with Gasteiger partial charge < -0.3 is 26.6 Å². The molecular weight excluding hydrogens is 522 g/mol. The number of nitrogens with zero attached hydrogens (tertiary/aromatic N) is 6. The lowest BCUT2D eigenvalue weighted by molar-refractivity contribution is -0.125. The van der Waals surface area contributed by atoms with Gasteiger partial charge in [-0.1, -0.05) is 0 Å². The summed E-state index contributed by atoms with van der Waals surface area (Å²) in [6, 6.07) is 6.48. The van der Waals surface area contributed by atoms with Crippen LogP contribution < -0.4 is 26.6 Å². The number of nitriles is 1. The molecule has 0 bridgehead atoms. The summed E-state index contributed by atoms with van der Waals surface area (Å²) < 4.78 is 0. The number of aliphatic imine (C=N–C) groups is 1. The molecule has 0 aromatic carbocycles. The number of nitrogens with two attached hydrogens (primary N) is 2. The fraction of sp³-hybridized carbons (Fsp3) is 0.655. The first kappa shape index (κ1) is 27.5. The van der Waals surface area contributed by atoms with Crippen molar-refractivity contribution in [3.63, 3.8) is 0 Å². The van der Waals surface area contributed by atoms with E-state index in [0.29, 0.717) is 12.1 Å². The number of nitrogens with one attached hydrogen (secondary N) is 1. The molecule has 1 aromatic heterocycles. The van der Waals surface area contributed by atoms with Crippen molar-refractivity contribution >= 4 is 35.0 Å². The monoisotopic (exact) mass is 563 g/mol. The molecule has 3 fully saturated rings. The van der Waals surface area contributed by atoms with E-state index in [1.165, 1.54) is 31.1 Å². The summed E-state index contributed by atoms with van der Waals surface area (Å²) in [7, 11) is 0. The maximum absolute atomic E-state index is 13.8. The Morgan fingerprint density at radius 2 is 1.95 bits per heavy atom. The normalized spacial score (nSPS) is 29.9. The highest BCUT2D eigenvalue weighted by Gasteiger charge is 2.49. The van der Waals surface area contributed by atoms with E-state index in [4.69, 9.17) is 16.5 Å². The zero-order chi connectivity index (χ0) is 27.9. The van der Waals surface area contributed by atoms with Crippen molar-refractivity contribution in [1.82, 2.24) is 15.2 Å². The van der Waals surface area contributed by atoms with Gasteiger partial charge in [-0.2, -0.15) is 10.3 Å². The molecule has 40 heavy (non-hydrogen) atoms. The van der Waals surface area contributed by atoms with Crippen molar-refractivity contribution in [2.45, 2.75) is 44.4 Å². The number of aromatic nitrogens is 1. The van der Waals surface area contributed by atoms with Crippen LogP contribution in [-0.2, 0) is 4.79 Å². The van der Waals surface area contributed by atoms with Gasteiger partial charge in [0.05, 0.1) is 22.8 Å². The van der Waals surface area contributed by atoms with Gasteiger partial charge in [-0.25, -0.2) is 4.98 Å². The lowest BCUT2D eigenvalue weighted by Crippen LogP contribution is -2.47. The number of thioether (sulfide) groups is 1. The van der Waals surface area contributed by atoms with E-state index in [9.17, 15) is 10.1 Å². The molecule has 0 spiro atoms. The highest BCUT2D eigenvalue weighted by atomic mass is 32.2. The predicted octanol–water partition coefficient (Wildman–Crippen LogP) is 1.87. The van der Waals surface area contributed by atoms with Gasteiger partial charge in [0.15, 0.2) is 5.84 Å². The number of amides is 1. The van der Waals surface area contributed by atoms with Crippen LogP contribution in [0, 0.1) is 28.6 Å². The smallest absolute Gasteiger partial charge is 0.257 e. The van der Waals surface area contributed by atoms with Crippen LogP contribution in [0.1, 0.15) is 44.7 Å². The Bertz CT molecular complexity index is 1240. The van der Waals surface area contributed by atoms with E-state index in [0.717, 1.165) is 93.1 Å². The molecule has 5 aliphatic rings. The fourth-order valence-corrected chi connectivity index (χ4v) is 7.99. The minimum atomic E-state index is -0.878. The van der Waals surface area contributed by atoms with Crippen LogP contribution in [0.4, 0.5) is 11.5 Å². The number of amidine groups is 1. The summed E-state index contributed by atoms with van der Waals surface area (Å²) in [6.07, 6.45) is 5.10. The van der Waals surface area contributed by atoms with Gasteiger partial charge in [-0.3, -0.25) is 9.69 Å². The quantitative estimate of drug-likeness (QED) is 0.347. The zero-order valence-corrected chi connectivity index (χ0v) is 24.3. The van der Waals surface area contributed by atoms with Gasteiger partial charge >= 0.3 is 0 Å². The average Bonchev–Trinajstić information content (AvgIpc) is 3.72. The van der Waals surface area contributed by atoms with Crippen LogP contribution in [0.5, 0.6) is 0 Å². The number of carbonyl (C=O) groups is 1. The maximum Gasteiger partial charge on any atom is 0.257 e. The van der Waals surface area contributed by atoms with Crippen LogP contribution in [0.3, 0.4) is 0 Å². The molecule has 214 valence electrons. The molecule has 2 aliphatic carbocycles. The minimum absolute atomic E-state index is 0.132. The van der Waals surface area contributed by atoms with Gasteiger partial charge in [0.1, 0.15) is 11.5 Å². The minimum Gasteiger partial charge on any atom is -0.382 e. The first-order valence-electron chi connectivity index (χ1n) is 14.7. The average molecular weight is 564 g/mol. The van der Waals surface area contributed by atoms with Crippen molar-refractivity contribution in [1.29, 1.82) is 5.26 Å². The Kier molecular flexibility index (Phi) is 7.79. The van der Waals surface area contributed by atoms with E-state index in [2.05, 4.69) is 37.1 Å². The van der Waals surface area contributed by atoms with E-state index in [1.807, 2.05) is 13.0 Å². The van der Waals surface area contributed by atoms with E-state index in [1.54, 1.807) is 0 Å². The summed E-state index contributed by atoms with van der Waals surface area (Å²) >= 11 is 1.53. The number of pyridine rings is 1. The molecule has 10 nitrogen and oxygen atoms in total. The Balaban J connectivity index is 1.28. The molecule has 3 aliphatic heterocycles. The number of anilines is 2. The van der Waals surface area contributed by atoms with E-state index in [-0.39, 0.29) is 17.1 Å². The van der Waals surface area contributed by atoms with Crippen LogP contribution in [0.15, 0.2) is 27.6 Å². The van der Waals surface area contributed by atoms with Crippen molar-refractivity contribution in [3.05, 3.63) is 28.3 Å². The van der Waals surface area contributed by atoms with Gasteiger partial charge in [-0.15, -0.1) is 11.8 Å². The number of piperazine rings is 2. The molecule has 0 radical (unpaired) electrons. The number of hydrogen-bond acceptors (Lipinski definition) is 9. The van der Waals surface area contributed by atoms with Gasteiger partial charge in [0.2, 0.25) is 0 Å². The second-order valence-corrected chi connectivity index (χ2v) is 13.3. The number of allylic oxidation sites excluding steroid dienone is 1. The largest absolute Gasteiger partial charge is 0.382 e. The third-order valence-electron chi connectivity index (χ3n) is 9.18. The molecule has 2 saturated heterocycles. The van der Waals surface area contributed by atoms with Crippen LogP contribution in [0.25, 0.3) is 0 Å². The van der Waals surface area contributed by atoms with Crippen molar-refractivity contribution in [2.24, 2.45) is 33.7 Å². The molecular formula is C29H41N9OS. The number of rotatable bonds is 6. The summed E-state index contributed by atoms with van der Waals surface area (Å²) in [6.45, 7) is 10.7. The molecule has 11 heteroatoms. The first-order chi connectivity index (χ1) is 19.4. The molecule has 5 N–H and O–H groups in total. The Labute approximate surface area is 241 Å². The zero-order valence-electron chi connectivity index (χ0n) is 23.4. The number of hydrogen-bond donors (Lipinski definition) is 3. The second kappa shape index (κ2) is 11.3. The maximum atomic E-state index is 13.8. The van der Waals surface area contributed by atoms with E-state index >= 15 is 0 Å². The van der Waals surface area contributed by atoms with Crippen molar-refractivity contribution < 1.29 is 4.79 Å². The lowest BCUT2D eigenvalue weighted by Gasteiger charge is -2.36. The highest BCUT2D eigenvalue weighted by molar-refractivity contribution is 8.03. The topological polar surface area (TPSA) is 140 Å². The van der Waals surface area contributed by atoms with Crippen molar-refractivity contribution in [3.8, 4) is 6.07 Å². The Hall–Kier alpha value is -2.65. The van der Waals surface area contributed by atoms with Gasteiger partial charge in [0.25, 0.3) is 5.91 Å². The van der Waals surface area contributed by atoms with Crippen LogP contribution in [-0.4, -0.2) is 85.9 Å². The molecule has 1 saturated carbocycles. The summed E-state index contributed by atoms with van der Waals surface area (Å²) in [5.74, 6) is 1.12. The molecule has 3 unspecified atom stereocenters. The molecule has 4 heterocycles. The predicted molar refractivity (Wildman–Crippen MR) is 160 cm³/mol.